The number of para-hydroxylation sites is 1. The van der Waals surface area contributed by atoms with Crippen molar-refractivity contribution in [2.75, 3.05) is 5.17 Å². The van der Waals surface area contributed by atoms with Crippen LogP contribution in [0.25, 0.3) is 0 Å². The second kappa shape index (κ2) is 6.75. The molecule has 0 fully saturated rings. The van der Waals surface area contributed by atoms with Crippen LogP contribution in [0, 0.1) is 4.91 Å². The van der Waals surface area contributed by atoms with Gasteiger partial charge in [-0.1, -0.05) is 18.2 Å². The van der Waals surface area contributed by atoms with Crippen LogP contribution in [0.5, 0.6) is 0 Å². The van der Waals surface area contributed by atoms with Crippen molar-refractivity contribution in [1.29, 1.82) is 0 Å². The Hall–Kier alpha value is -0.941. The van der Waals surface area contributed by atoms with Crippen molar-refractivity contribution in [3.63, 3.8) is 0 Å². The molecule has 1 aromatic rings. The molecular formula is C6H9FeN3O2. The average molecular weight is 211 g/mol. The summed E-state index contributed by atoms with van der Waals surface area (Å²) in [7, 11) is 0. The molecule has 0 aliphatic rings. The zero-order valence-corrected chi connectivity index (χ0v) is 7.30. The van der Waals surface area contributed by atoms with Crippen LogP contribution in [0.4, 0.5) is 5.69 Å². The number of rotatable bonds is 2. The van der Waals surface area contributed by atoms with Gasteiger partial charge < -0.3 is 6.15 Å². The molecule has 4 N–H and O–H groups in total. The van der Waals surface area contributed by atoms with E-state index in [2.05, 4.69) is 5.29 Å². The summed E-state index contributed by atoms with van der Waals surface area (Å²) in [6, 6.07) is 8.32. The Labute approximate surface area is 80.3 Å². The Balaban J connectivity index is 0. The fraction of sp³-hybridized carbons (Fsp3) is 0. The topological polar surface area (TPSA) is 87.9 Å². The van der Waals surface area contributed by atoms with Gasteiger partial charge in [-0.3, -0.25) is 5.21 Å². The van der Waals surface area contributed by atoms with Gasteiger partial charge in [-0.25, -0.2) is 0 Å². The van der Waals surface area contributed by atoms with Crippen molar-refractivity contribution in [3.05, 3.63) is 35.2 Å². The summed E-state index contributed by atoms with van der Waals surface area (Å²) in [4.78, 5) is 9.73. The Kier molecular flexibility index (Phi) is 7.67. The third kappa shape index (κ3) is 3.45. The monoisotopic (exact) mass is 211 g/mol. The van der Waals surface area contributed by atoms with Gasteiger partial charge in [-0.05, 0) is 12.1 Å². The number of nitrogens with zero attached hydrogens (tertiary/aromatic N) is 2. The molecule has 1 aromatic carbocycles. The molecule has 0 unspecified atom stereocenters. The molecule has 68 valence electrons. The van der Waals surface area contributed by atoms with Gasteiger partial charge in [-0.15, -0.1) is 10.1 Å². The molecule has 6 heteroatoms. The van der Waals surface area contributed by atoms with Crippen LogP contribution in [0.3, 0.4) is 0 Å². The number of hydrogen-bond acceptors (Lipinski definition) is 4. The fourth-order valence-electron chi connectivity index (χ4n) is 0.608. The molecule has 0 amide bonds. The maximum atomic E-state index is 9.73. The second-order valence-electron chi connectivity index (χ2n) is 1.71. The van der Waals surface area contributed by atoms with Crippen molar-refractivity contribution in [2.45, 2.75) is 0 Å². The largest absolute Gasteiger partial charge is 0.344 e. The van der Waals surface area contributed by atoms with E-state index in [4.69, 9.17) is 5.21 Å². The van der Waals surface area contributed by atoms with Crippen LogP contribution in [-0.4, -0.2) is 5.21 Å². The van der Waals surface area contributed by atoms with Crippen LogP contribution >= 0.6 is 0 Å². The summed E-state index contributed by atoms with van der Waals surface area (Å²) in [6.45, 7) is 0. The van der Waals surface area contributed by atoms with Crippen LogP contribution in [-0.2, 0) is 17.1 Å². The average Bonchev–Trinajstić information content (AvgIpc) is 2.05. The fourth-order valence-corrected chi connectivity index (χ4v) is 0.608. The van der Waals surface area contributed by atoms with Crippen LogP contribution < -0.4 is 11.3 Å². The van der Waals surface area contributed by atoms with Gasteiger partial charge in [-0.2, -0.15) is 0 Å². The maximum Gasteiger partial charge on any atom is 0.0932 e. The number of anilines is 1. The summed E-state index contributed by atoms with van der Waals surface area (Å²) in [5, 5.41) is 11.3. The zero-order chi connectivity index (χ0) is 7.40. The van der Waals surface area contributed by atoms with E-state index in [9.17, 15) is 4.91 Å². The molecule has 0 aromatic heterocycles. The third-order valence-corrected chi connectivity index (χ3v) is 1.06. The van der Waals surface area contributed by atoms with E-state index in [0.717, 1.165) is 0 Å². The summed E-state index contributed by atoms with van der Waals surface area (Å²) >= 11 is 0. The van der Waals surface area contributed by atoms with Crippen molar-refractivity contribution in [2.24, 2.45) is 5.29 Å². The summed E-state index contributed by atoms with van der Waals surface area (Å²) in [5.74, 6) is 0. The van der Waals surface area contributed by atoms with E-state index < -0.39 is 0 Å². The molecule has 5 nitrogen and oxygen atoms in total. The number of hydrogen-bond donors (Lipinski definition) is 2. The molecule has 0 aliphatic carbocycles. The van der Waals surface area contributed by atoms with Gasteiger partial charge in [0.2, 0.25) is 0 Å². The van der Waals surface area contributed by atoms with Crippen molar-refractivity contribution < 1.29 is 22.3 Å². The minimum atomic E-state index is 0. The maximum absolute atomic E-state index is 9.73. The predicted molar refractivity (Wildman–Crippen MR) is 41.5 cm³/mol. The minimum Gasteiger partial charge on any atom is -0.344 e. The number of nitroso groups, excluding NO2 is 1. The quantitative estimate of drug-likeness (QED) is 0.442. The Bertz CT molecular complexity index is 219. The van der Waals surface area contributed by atoms with Crippen molar-refractivity contribution in [1.82, 2.24) is 6.15 Å². The van der Waals surface area contributed by atoms with Crippen LogP contribution in [0.15, 0.2) is 35.6 Å². The van der Waals surface area contributed by atoms with E-state index in [1.165, 1.54) is 0 Å². The SMILES string of the molecule is N.O=NN(O)c1ccccc1.[Fe]. The Morgan fingerprint density at radius 2 is 1.75 bits per heavy atom. The molecule has 0 saturated heterocycles. The molecule has 0 spiro atoms. The van der Waals surface area contributed by atoms with Gasteiger partial charge >= 0.3 is 0 Å². The molecule has 0 atom stereocenters. The molecule has 0 bridgehead atoms. The molecule has 0 aliphatic heterocycles. The molecule has 12 heavy (non-hydrogen) atoms. The van der Waals surface area contributed by atoms with E-state index in [0.29, 0.717) is 5.69 Å². The first-order chi connectivity index (χ1) is 4.84. The standard InChI is InChI=1S/C6H6N2O2.Fe.H3N/c9-7-8(10)6-4-2-1-3-5-6;;/h1-5,10H;;1H3. The van der Waals surface area contributed by atoms with E-state index in [1.807, 2.05) is 0 Å². The van der Waals surface area contributed by atoms with Gasteiger partial charge in [0.05, 0.1) is 11.0 Å². The second-order valence-corrected chi connectivity index (χ2v) is 1.71. The van der Waals surface area contributed by atoms with Gasteiger partial charge in [0.15, 0.2) is 0 Å². The molecule has 1 rings (SSSR count). The van der Waals surface area contributed by atoms with Crippen LogP contribution in [0.1, 0.15) is 0 Å². The van der Waals surface area contributed by atoms with Gasteiger partial charge in [0, 0.05) is 17.1 Å². The zero-order valence-electron chi connectivity index (χ0n) is 6.20. The van der Waals surface area contributed by atoms with E-state index >= 15 is 0 Å². The first kappa shape index (κ1) is 13.6. The summed E-state index contributed by atoms with van der Waals surface area (Å²) < 4.78 is 0. The molecule has 0 saturated carbocycles. The van der Waals surface area contributed by atoms with E-state index in [1.54, 1.807) is 30.3 Å². The Morgan fingerprint density at radius 3 is 2.17 bits per heavy atom. The minimum absolute atomic E-state index is 0. The smallest absolute Gasteiger partial charge is 0.0932 e. The van der Waals surface area contributed by atoms with Crippen LogP contribution in [0.2, 0.25) is 0 Å². The first-order valence-electron chi connectivity index (χ1n) is 2.72. The summed E-state index contributed by atoms with van der Waals surface area (Å²) in [6.07, 6.45) is 0. The normalized spacial score (nSPS) is 7.42. The molecular weight excluding hydrogens is 202 g/mol. The predicted octanol–water partition coefficient (Wildman–Crippen LogP) is 1.72. The van der Waals surface area contributed by atoms with Crippen molar-refractivity contribution in [3.8, 4) is 0 Å². The van der Waals surface area contributed by atoms with Gasteiger partial charge in [0.1, 0.15) is 0 Å². The third-order valence-electron chi connectivity index (χ3n) is 1.06. The Morgan fingerprint density at radius 1 is 1.25 bits per heavy atom. The van der Waals surface area contributed by atoms with Gasteiger partial charge in [0.25, 0.3) is 0 Å². The van der Waals surface area contributed by atoms with Crippen molar-refractivity contribution >= 4 is 5.69 Å². The summed E-state index contributed by atoms with van der Waals surface area (Å²) in [5.41, 5.74) is 0.359. The first-order valence-corrected chi connectivity index (χ1v) is 2.72. The van der Waals surface area contributed by atoms with E-state index in [-0.39, 0.29) is 28.4 Å². The molecule has 0 radical (unpaired) electrons. The molecule has 0 heterocycles. The number of benzene rings is 1.